The minimum Gasteiger partial charge on any atom is -0.339 e. The smallest absolute Gasteiger partial charge is 0.240 e. The van der Waals surface area contributed by atoms with Gasteiger partial charge in [-0.1, -0.05) is 0 Å². The van der Waals surface area contributed by atoms with E-state index in [0.29, 0.717) is 18.0 Å². The second-order valence-electron chi connectivity index (χ2n) is 5.91. The van der Waals surface area contributed by atoms with E-state index in [1.165, 1.54) is 12.8 Å². The average molecular weight is 290 g/mol. The fraction of sp³-hybridized carbons (Fsp3) is 0.929. The van der Waals surface area contributed by atoms with Crippen molar-refractivity contribution in [1.82, 2.24) is 15.1 Å². The van der Waals surface area contributed by atoms with Gasteiger partial charge in [0.1, 0.15) is 0 Å². The number of halogens is 1. The Balaban J connectivity index is 0.00000180. The molecule has 1 amide bonds. The summed E-state index contributed by atoms with van der Waals surface area (Å²) >= 11 is 0. The highest BCUT2D eigenvalue weighted by Crippen LogP contribution is 2.22. The predicted octanol–water partition coefficient (Wildman–Crippen LogP) is 1.49. The molecule has 2 atom stereocenters. The Morgan fingerprint density at radius 2 is 1.89 bits per heavy atom. The first-order chi connectivity index (χ1) is 8.63. The molecule has 2 heterocycles. The van der Waals surface area contributed by atoms with E-state index >= 15 is 0 Å². The molecule has 2 saturated heterocycles. The summed E-state index contributed by atoms with van der Waals surface area (Å²) in [7, 11) is 2.03. The number of rotatable bonds is 3. The van der Waals surface area contributed by atoms with E-state index in [-0.39, 0.29) is 18.4 Å². The molecule has 2 aliphatic rings. The molecule has 2 fully saturated rings. The van der Waals surface area contributed by atoms with Crippen LogP contribution in [0.5, 0.6) is 0 Å². The zero-order valence-electron chi connectivity index (χ0n) is 12.4. The fourth-order valence-electron chi connectivity index (χ4n) is 3.26. The Kier molecular flexibility index (Phi) is 6.57. The molecule has 19 heavy (non-hydrogen) atoms. The normalized spacial score (nSPS) is 29.5. The van der Waals surface area contributed by atoms with Gasteiger partial charge in [0.15, 0.2) is 0 Å². The quantitative estimate of drug-likeness (QED) is 0.855. The largest absolute Gasteiger partial charge is 0.339 e. The third-order valence-electron chi connectivity index (χ3n) is 4.37. The van der Waals surface area contributed by atoms with Crippen molar-refractivity contribution in [2.45, 2.75) is 57.7 Å². The van der Waals surface area contributed by atoms with Crippen LogP contribution in [0.2, 0.25) is 0 Å². The van der Waals surface area contributed by atoms with Crippen molar-refractivity contribution in [2.24, 2.45) is 0 Å². The Bertz CT molecular complexity index is 298. The molecule has 0 aromatic heterocycles. The number of piperidine rings is 2. The van der Waals surface area contributed by atoms with Crippen LogP contribution >= 0.6 is 12.4 Å². The van der Waals surface area contributed by atoms with Gasteiger partial charge >= 0.3 is 0 Å². The van der Waals surface area contributed by atoms with E-state index in [9.17, 15) is 4.79 Å². The summed E-state index contributed by atoms with van der Waals surface area (Å²) in [6, 6.07) is 1.03. The third kappa shape index (κ3) is 3.83. The maximum absolute atomic E-state index is 12.5. The molecule has 2 rings (SSSR count). The van der Waals surface area contributed by atoms with Crippen LogP contribution in [0, 0.1) is 0 Å². The lowest BCUT2D eigenvalue weighted by Crippen LogP contribution is -2.58. The molecule has 0 aliphatic carbocycles. The minimum absolute atomic E-state index is 0. The Labute approximate surface area is 123 Å². The number of hydrogen-bond donors (Lipinski definition) is 1. The molecule has 5 heteroatoms. The Hall–Kier alpha value is -0.320. The number of carbonyl (C=O) groups is 1. The number of likely N-dealkylation sites (N-methyl/N-ethyl adjacent to an activating group) is 1. The summed E-state index contributed by atoms with van der Waals surface area (Å²) in [5, 5.41) is 3.36. The number of nitrogens with one attached hydrogen (secondary N) is 1. The highest BCUT2D eigenvalue weighted by atomic mass is 35.5. The molecule has 0 saturated carbocycles. The van der Waals surface area contributed by atoms with Gasteiger partial charge < -0.3 is 10.2 Å². The van der Waals surface area contributed by atoms with E-state index in [4.69, 9.17) is 0 Å². The fourth-order valence-corrected chi connectivity index (χ4v) is 3.26. The molecule has 0 aromatic carbocycles. The molecule has 0 spiro atoms. The van der Waals surface area contributed by atoms with Gasteiger partial charge in [0.2, 0.25) is 5.91 Å². The minimum atomic E-state index is 0. The highest BCUT2D eigenvalue weighted by Gasteiger charge is 2.35. The van der Waals surface area contributed by atoms with Crippen LogP contribution in [0.1, 0.15) is 39.5 Å². The molecule has 4 nitrogen and oxygen atoms in total. The van der Waals surface area contributed by atoms with Crippen LogP contribution in [0.25, 0.3) is 0 Å². The summed E-state index contributed by atoms with van der Waals surface area (Å²) in [4.78, 5) is 17.0. The molecule has 0 bridgehead atoms. The van der Waals surface area contributed by atoms with Crippen molar-refractivity contribution in [3.05, 3.63) is 0 Å². The molecule has 0 aromatic rings. The van der Waals surface area contributed by atoms with Gasteiger partial charge in [0, 0.05) is 25.2 Å². The maximum atomic E-state index is 12.5. The average Bonchev–Trinajstić information content (AvgIpc) is 2.38. The van der Waals surface area contributed by atoms with E-state index in [1.807, 2.05) is 7.05 Å². The van der Waals surface area contributed by atoms with Gasteiger partial charge in [-0.2, -0.15) is 0 Å². The summed E-state index contributed by atoms with van der Waals surface area (Å²) < 4.78 is 0. The Morgan fingerprint density at radius 1 is 1.21 bits per heavy atom. The first-order valence-electron chi connectivity index (χ1n) is 7.35. The highest BCUT2D eigenvalue weighted by molar-refractivity contribution is 5.85. The first kappa shape index (κ1) is 16.7. The van der Waals surface area contributed by atoms with Crippen LogP contribution in [0.4, 0.5) is 0 Å². The zero-order valence-corrected chi connectivity index (χ0v) is 13.2. The van der Waals surface area contributed by atoms with Crippen molar-refractivity contribution in [3.8, 4) is 0 Å². The molecule has 1 N–H and O–H groups in total. The first-order valence-corrected chi connectivity index (χ1v) is 7.35. The van der Waals surface area contributed by atoms with Crippen molar-refractivity contribution in [2.75, 3.05) is 26.7 Å². The van der Waals surface area contributed by atoms with Crippen molar-refractivity contribution in [3.63, 3.8) is 0 Å². The monoisotopic (exact) mass is 289 g/mol. The zero-order chi connectivity index (χ0) is 13.1. The standard InChI is InChI=1S/C14H27N3O.ClH/c1-11(2)17-9-5-7-13(14(17)18)16-8-4-6-12(10-16)15-3;/h11-13,15H,4-10H2,1-3H3;1H. The molecular formula is C14H28ClN3O. The predicted molar refractivity (Wildman–Crippen MR) is 80.8 cm³/mol. The lowest BCUT2D eigenvalue weighted by atomic mass is 9.97. The van der Waals surface area contributed by atoms with Crippen molar-refractivity contribution in [1.29, 1.82) is 0 Å². The van der Waals surface area contributed by atoms with Gasteiger partial charge in [0.05, 0.1) is 6.04 Å². The second kappa shape index (κ2) is 7.46. The Morgan fingerprint density at radius 3 is 2.53 bits per heavy atom. The topological polar surface area (TPSA) is 35.6 Å². The van der Waals surface area contributed by atoms with Crippen LogP contribution in [0.3, 0.4) is 0 Å². The summed E-state index contributed by atoms with van der Waals surface area (Å²) in [5.41, 5.74) is 0. The van der Waals surface area contributed by atoms with Crippen molar-refractivity contribution < 1.29 is 4.79 Å². The van der Waals surface area contributed by atoms with Crippen LogP contribution in [-0.2, 0) is 4.79 Å². The van der Waals surface area contributed by atoms with Crippen LogP contribution < -0.4 is 5.32 Å². The maximum Gasteiger partial charge on any atom is 0.240 e. The van der Waals surface area contributed by atoms with E-state index in [2.05, 4.69) is 29.0 Å². The van der Waals surface area contributed by atoms with Gasteiger partial charge in [0.25, 0.3) is 0 Å². The third-order valence-corrected chi connectivity index (χ3v) is 4.37. The number of amides is 1. The summed E-state index contributed by atoms with van der Waals surface area (Å²) in [5.74, 6) is 0.355. The van der Waals surface area contributed by atoms with Crippen LogP contribution in [0.15, 0.2) is 0 Å². The number of likely N-dealkylation sites (tertiary alicyclic amines) is 2. The molecular weight excluding hydrogens is 262 g/mol. The molecule has 2 aliphatic heterocycles. The SMILES string of the molecule is CNC1CCCN(C2CCCN(C(C)C)C2=O)C1.Cl. The van der Waals surface area contributed by atoms with Gasteiger partial charge in [-0.25, -0.2) is 0 Å². The van der Waals surface area contributed by atoms with Gasteiger partial charge in [-0.05, 0) is 53.1 Å². The molecule has 0 radical (unpaired) electrons. The van der Waals surface area contributed by atoms with Crippen LogP contribution in [-0.4, -0.2) is 60.5 Å². The summed E-state index contributed by atoms with van der Waals surface area (Å²) in [6.45, 7) is 7.29. The number of carbonyl (C=O) groups excluding carboxylic acids is 1. The lowest BCUT2D eigenvalue weighted by Gasteiger charge is -2.43. The molecule has 112 valence electrons. The van der Waals surface area contributed by atoms with Crippen molar-refractivity contribution >= 4 is 18.3 Å². The number of hydrogen-bond acceptors (Lipinski definition) is 3. The van der Waals surface area contributed by atoms with E-state index in [1.54, 1.807) is 0 Å². The van der Waals surface area contributed by atoms with Gasteiger partial charge in [-0.15, -0.1) is 12.4 Å². The van der Waals surface area contributed by atoms with E-state index < -0.39 is 0 Å². The molecule has 2 unspecified atom stereocenters. The van der Waals surface area contributed by atoms with Gasteiger partial charge in [-0.3, -0.25) is 9.69 Å². The lowest BCUT2D eigenvalue weighted by molar-refractivity contribution is -0.142. The van der Waals surface area contributed by atoms with E-state index in [0.717, 1.165) is 32.5 Å². The number of nitrogens with zero attached hydrogens (tertiary/aromatic N) is 2. The second-order valence-corrected chi connectivity index (χ2v) is 5.91. The summed E-state index contributed by atoms with van der Waals surface area (Å²) in [6.07, 6.45) is 4.63.